The van der Waals surface area contributed by atoms with Gasteiger partial charge in [0, 0.05) is 23.7 Å². The van der Waals surface area contributed by atoms with Crippen molar-refractivity contribution in [3.05, 3.63) is 53.6 Å². The summed E-state index contributed by atoms with van der Waals surface area (Å²) in [6.45, 7) is 1.52. The predicted octanol–water partition coefficient (Wildman–Crippen LogP) is 4.94. The van der Waals surface area contributed by atoms with Crippen LogP contribution in [0, 0.1) is 0 Å². The van der Waals surface area contributed by atoms with Gasteiger partial charge in [-0.15, -0.1) is 13.2 Å². The molecule has 4 N–H and O–H groups in total. The molecule has 0 radical (unpaired) electrons. The molecule has 0 spiro atoms. The quantitative estimate of drug-likeness (QED) is 0.375. The van der Waals surface area contributed by atoms with Crippen LogP contribution in [0.2, 0.25) is 5.02 Å². The van der Waals surface area contributed by atoms with Crippen molar-refractivity contribution >= 4 is 29.1 Å². The molecule has 2 aromatic carbocycles. The first kappa shape index (κ1) is 22.4. The Kier molecular flexibility index (Phi) is 6.71. The van der Waals surface area contributed by atoms with Gasteiger partial charge in [0.2, 0.25) is 5.95 Å². The third-order valence-corrected chi connectivity index (χ3v) is 4.27. The second-order valence-corrected chi connectivity index (χ2v) is 6.96. The number of alkyl halides is 3. The summed E-state index contributed by atoms with van der Waals surface area (Å²) in [5, 5.41) is 24.9. The minimum absolute atomic E-state index is 0.0143. The topological polar surface area (TPSA) is 99.5 Å². The first-order valence-corrected chi connectivity index (χ1v) is 9.39. The van der Waals surface area contributed by atoms with Crippen LogP contribution in [0.15, 0.2) is 48.5 Å². The van der Waals surface area contributed by atoms with Gasteiger partial charge >= 0.3 is 6.36 Å². The molecule has 0 amide bonds. The van der Waals surface area contributed by atoms with E-state index in [0.717, 1.165) is 0 Å². The summed E-state index contributed by atoms with van der Waals surface area (Å²) < 4.78 is 41.7. The average Bonchev–Trinajstić information content (AvgIpc) is 2.69. The van der Waals surface area contributed by atoms with Gasteiger partial charge in [0.15, 0.2) is 0 Å². The summed E-state index contributed by atoms with van der Waals surface area (Å²) in [4.78, 5) is 8.63. The van der Waals surface area contributed by atoms with Crippen LogP contribution in [0.4, 0.5) is 30.6 Å². The molecule has 0 aliphatic rings. The Bertz CT molecular complexity index is 1070. The van der Waals surface area contributed by atoms with Gasteiger partial charge in [-0.3, -0.25) is 0 Å². The Morgan fingerprint density at radius 1 is 1.13 bits per heavy atom. The van der Waals surface area contributed by atoms with Gasteiger partial charge in [0.1, 0.15) is 17.3 Å². The Balaban J connectivity index is 2.00. The first-order chi connectivity index (χ1) is 14.6. The van der Waals surface area contributed by atoms with E-state index in [4.69, 9.17) is 11.6 Å². The average molecular weight is 455 g/mol. The Morgan fingerprint density at radius 2 is 1.90 bits per heavy atom. The number of nitrogens with one attached hydrogen (secondary N) is 2. The molecule has 0 unspecified atom stereocenters. The van der Waals surface area contributed by atoms with Crippen LogP contribution >= 0.6 is 11.6 Å². The number of hydrogen-bond donors (Lipinski definition) is 4. The minimum atomic E-state index is -4.82. The number of phenols is 1. The van der Waals surface area contributed by atoms with E-state index in [1.165, 1.54) is 36.4 Å². The number of phenolic OH excluding ortho intramolecular Hbond substituents is 1. The van der Waals surface area contributed by atoms with Crippen molar-refractivity contribution in [3.8, 4) is 22.8 Å². The fourth-order valence-corrected chi connectivity index (χ4v) is 2.81. The zero-order valence-electron chi connectivity index (χ0n) is 16.1. The third kappa shape index (κ3) is 6.37. The van der Waals surface area contributed by atoms with E-state index in [1.54, 1.807) is 19.1 Å². The lowest BCUT2D eigenvalue weighted by molar-refractivity contribution is -0.274. The summed E-state index contributed by atoms with van der Waals surface area (Å²) in [5.74, 6) is 0.0171. The standard InChI is InChI=1S/C20H18ClF3N4O3/c1-11(10-29)25-19-27-17(12-3-2-4-14(7-12)31-20(22,23)24)9-18(28-19)26-16-6-5-13(30)8-15(16)21/h2-9,11,29-30H,10H2,1H3,(H2,25,26,27,28)/t11-/m1/s1. The Labute approximate surface area is 180 Å². The summed E-state index contributed by atoms with van der Waals surface area (Å²) in [6, 6.07) is 10.8. The van der Waals surface area contributed by atoms with E-state index >= 15 is 0 Å². The molecule has 11 heteroatoms. The minimum Gasteiger partial charge on any atom is -0.508 e. The molecule has 164 valence electrons. The van der Waals surface area contributed by atoms with Crippen LogP contribution < -0.4 is 15.4 Å². The smallest absolute Gasteiger partial charge is 0.508 e. The van der Waals surface area contributed by atoms with Gasteiger partial charge in [0.25, 0.3) is 0 Å². The maximum Gasteiger partial charge on any atom is 0.573 e. The Morgan fingerprint density at radius 3 is 2.58 bits per heavy atom. The van der Waals surface area contributed by atoms with Crippen molar-refractivity contribution < 1.29 is 28.1 Å². The summed E-state index contributed by atoms with van der Waals surface area (Å²) in [6.07, 6.45) is -4.82. The number of aliphatic hydroxyl groups excluding tert-OH is 1. The second-order valence-electron chi connectivity index (χ2n) is 6.55. The normalized spacial score (nSPS) is 12.3. The summed E-state index contributed by atoms with van der Waals surface area (Å²) >= 11 is 6.13. The number of anilines is 3. The van der Waals surface area contributed by atoms with Gasteiger partial charge < -0.3 is 25.6 Å². The van der Waals surface area contributed by atoms with E-state index < -0.39 is 12.1 Å². The second kappa shape index (κ2) is 9.27. The predicted molar refractivity (Wildman–Crippen MR) is 111 cm³/mol. The van der Waals surface area contributed by atoms with Crippen LogP contribution in [0.1, 0.15) is 6.92 Å². The number of aromatic nitrogens is 2. The molecule has 1 heterocycles. The number of aliphatic hydroxyl groups is 1. The fraction of sp³-hybridized carbons (Fsp3) is 0.200. The molecular weight excluding hydrogens is 437 g/mol. The van der Waals surface area contributed by atoms with Crippen LogP contribution in [0.5, 0.6) is 11.5 Å². The number of benzene rings is 2. The number of ether oxygens (including phenoxy) is 1. The highest BCUT2D eigenvalue weighted by molar-refractivity contribution is 6.33. The van der Waals surface area contributed by atoms with Crippen molar-refractivity contribution in [1.82, 2.24) is 9.97 Å². The molecule has 3 rings (SSSR count). The molecule has 1 atom stereocenters. The third-order valence-electron chi connectivity index (χ3n) is 3.95. The zero-order valence-corrected chi connectivity index (χ0v) is 16.9. The van der Waals surface area contributed by atoms with Crippen LogP contribution in [-0.4, -0.2) is 39.2 Å². The van der Waals surface area contributed by atoms with Gasteiger partial charge in [0.05, 0.1) is 23.0 Å². The molecule has 3 aromatic rings. The van der Waals surface area contributed by atoms with Crippen LogP contribution in [-0.2, 0) is 0 Å². The maximum atomic E-state index is 12.6. The molecular formula is C20H18ClF3N4O3. The Hall–Kier alpha value is -3.24. The molecule has 0 saturated carbocycles. The molecule has 1 aromatic heterocycles. The molecule has 7 nitrogen and oxygen atoms in total. The first-order valence-electron chi connectivity index (χ1n) is 9.01. The van der Waals surface area contributed by atoms with Gasteiger partial charge in [-0.2, -0.15) is 4.98 Å². The fourth-order valence-electron chi connectivity index (χ4n) is 2.59. The van der Waals surface area contributed by atoms with Crippen LogP contribution in [0.3, 0.4) is 0 Å². The lowest BCUT2D eigenvalue weighted by Gasteiger charge is -2.15. The van der Waals surface area contributed by atoms with Crippen molar-refractivity contribution in [2.45, 2.75) is 19.3 Å². The van der Waals surface area contributed by atoms with E-state index in [0.29, 0.717) is 16.9 Å². The van der Waals surface area contributed by atoms with Gasteiger partial charge in [-0.1, -0.05) is 23.7 Å². The molecule has 0 bridgehead atoms. The van der Waals surface area contributed by atoms with E-state index in [2.05, 4.69) is 25.3 Å². The van der Waals surface area contributed by atoms with Crippen molar-refractivity contribution in [2.75, 3.05) is 17.2 Å². The zero-order chi connectivity index (χ0) is 22.6. The van der Waals surface area contributed by atoms with Crippen molar-refractivity contribution in [3.63, 3.8) is 0 Å². The highest BCUT2D eigenvalue weighted by atomic mass is 35.5. The van der Waals surface area contributed by atoms with Gasteiger partial charge in [-0.05, 0) is 31.2 Å². The molecule has 0 aliphatic heterocycles. The van der Waals surface area contributed by atoms with Crippen molar-refractivity contribution in [2.24, 2.45) is 0 Å². The number of halogens is 4. The molecule has 0 fully saturated rings. The van der Waals surface area contributed by atoms with Crippen LogP contribution in [0.25, 0.3) is 11.3 Å². The maximum absolute atomic E-state index is 12.6. The van der Waals surface area contributed by atoms with E-state index in [1.807, 2.05) is 0 Å². The van der Waals surface area contributed by atoms with Gasteiger partial charge in [-0.25, -0.2) is 4.98 Å². The number of hydrogen-bond acceptors (Lipinski definition) is 7. The van der Waals surface area contributed by atoms with E-state index in [-0.39, 0.29) is 35.2 Å². The SMILES string of the molecule is C[C@H](CO)Nc1nc(Nc2ccc(O)cc2Cl)cc(-c2cccc(OC(F)(F)F)c2)n1. The number of aromatic hydroxyl groups is 1. The largest absolute Gasteiger partial charge is 0.573 e. The lowest BCUT2D eigenvalue weighted by atomic mass is 10.1. The highest BCUT2D eigenvalue weighted by Gasteiger charge is 2.31. The molecule has 0 saturated heterocycles. The monoisotopic (exact) mass is 454 g/mol. The summed E-state index contributed by atoms with van der Waals surface area (Å²) in [5.41, 5.74) is 1.09. The van der Waals surface area contributed by atoms with E-state index in [9.17, 15) is 23.4 Å². The lowest BCUT2D eigenvalue weighted by Crippen LogP contribution is -2.21. The number of nitrogens with zero attached hydrogens (tertiary/aromatic N) is 2. The molecule has 0 aliphatic carbocycles. The highest BCUT2D eigenvalue weighted by Crippen LogP contribution is 2.31. The summed E-state index contributed by atoms with van der Waals surface area (Å²) in [7, 11) is 0. The van der Waals surface area contributed by atoms with Crippen molar-refractivity contribution in [1.29, 1.82) is 0 Å². The number of rotatable bonds is 7. The molecule has 31 heavy (non-hydrogen) atoms.